The molecule has 0 saturated heterocycles. The molecule has 0 aromatic rings. The highest BCUT2D eigenvalue weighted by Gasteiger charge is 2.78. The first-order valence-corrected chi connectivity index (χ1v) is 9.32. The summed E-state index contributed by atoms with van der Waals surface area (Å²) in [5, 5.41) is 0. The van der Waals surface area contributed by atoms with Crippen molar-refractivity contribution in [2.45, 2.75) is 95.8 Å². The van der Waals surface area contributed by atoms with E-state index < -0.39 is 34.5 Å². The van der Waals surface area contributed by atoms with E-state index in [1.165, 1.54) is 6.92 Å². The van der Waals surface area contributed by atoms with Gasteiger partial charge in [0, 0.05) is 12.3 Å². The molecule has 5 heteroatoms. The van der Waals surface area contributed by atoms with Crippen LogP contribution in [0.25, 0.3) is 0 Å². The molecular formula is C19H27F3O2. The van der Waals surface area contributed by atoms with Crippen LogP contribution in [0.1, 0.15) is 78.1 Å². The van der Waals surface area contributed by atoms with Crippen molar-refractivity contribution in [1.29, 1.82) is 0 Å². The van der Waals surface area contributed by atoms with E-state index in [0.29, 0.717) is 5.41 Å². The van der Waals surface area contributed by atoms with Crippen molar-refractivity contribution in [3.05, 3.63) is 0 Å². The van der Waals surface area contributed by atoms with Gasteiger partial charge >= 0.3 is 5.97 Å². The number of alkyl halides is 3. The molecule has 6 rings (SSSR count). The van der Waals surface area contributed by atoms with Gasteiger partial charge in [-0.1, -0.05) is 6.92 Å². The molecule has 0 aromatic heterocycles. The maximum atomic E-state index is 15.4. The Morgan fingerprint density at radius 3 is 1.88 bits per heavy atom. The van der Waals surface area contributed by atoms with Crippen molar-refractivity contribution < 1.29 is 22.7 Å². The lowest BCUT2D eigenvalue weighted by molar-refractivity contribution is -0.334. The number of carbonyl (C=O) groups is 1. The molecule has 24 heavy (non-hydrogen) atoms. The fraction of sp³-hybridized carbons (Fsp3) is 0.947. The summed E-state index contributed by atoms with van der Waals surface area (Å²) in [6.07, 6.45) is 4.01. The van der Waals surface area contributed by atoms with Crippen LogP contribution in [-0.2, 0) is 9.53 Å². The van der Waals surface area contributed by atoms with Crippen LogP contribution in [0.4, 0.5) is 13.2 Å². The van der Waals surface area contributed by atoms with Gasteiger partial charge in [0.1, 0.15) is 5.60 Å². The van der Waals surface area contributed by atoms with Crippen molar-refractivity contribution in [3.8, 4) is 0 Å². The third-order valence-corrected chi connectivity index (χ3v) is 8.35. The second-order valence-electron chi connectivity index (χ2n) is 9.32. The highest BCUT2D eigenvalue weighted by atomic mass is 19.3. The standard InChI is InChI=1S/C19H27F3O2/c1-13(23)24-17-9-11-18(12-10-17,19(21,22)14(17)20)16-6-3-15(2,4-7-16)5-8-16/h14H,3-12H2,1-2H3. The monoisotopic (exact) mass is 344 g/mol. The largest absolute Gasteiger partial charge is 0.456 e. The maximum absolute atomic E-state index is 15.4. The molecule has 6 aliphatic rings. The van der Waals surface area contributed by atoms with Gasteiger partial charge in [-0.2, -0.15) is 0 Å². The maximum Gasteiger partial charge on any atom is 0.303 e. The fourth-order valence-electron chi connectivity index (χ4n) is 6.67. The highest BCUT2D eigenvalue weighted by Crippen LogP contribution is 2.75. The average Bonchev–Trinajstić information content (AvgIpc) is 2.54. The number of halogens is 3. The molecule has 6 aliphatic carbocycles. The van der Waals surface area contributed by atoms with E-state index in [1.54, 1.807) is 0 Å². The number of hydrogen-bond donors (Lipinski definition) is 0. The summed E-state index contributed by atoms with van der Waals surface area (Å²) < 4.78 is 51.0. The molecule has 0 heterocycles. The molecule has 0 spiro atoms. The molecule has 6 fully saturated rings. The third-order valence-electron chi connectivity index (χ3n) is 8.35. The van der Waals surface area contributed by atoms with Crippen LogP contribution in [0.15, 0.2) is 0 Å². The topological polar surface area (TPSA) is 26.3 Å². The number of fused-ring (bicyclic) bond motifs is 6. The smallest absolute Gasteiger partial charge is 0.303 e. The van der Waals surface area contributed by atoms with Crippen LogP contribution in [0.5, 0.6) is 0 Å². The van der Waals surface area contributed by atoms with Crippen LogP contribution in [-0.4, -0.2) is 23.7 Å². The van der Waals surface area contributed by atoms with E-state index in [4.69, 9.17) is 4.74 Å². The number of esters is 1. The molecule has 2 nitrogen and oxygen atoms in total. The fourth-order valence-corrected chi connectivity index (χ4v) is 6.67. The summed E-state index contributed by atoms with van der Waals surface area (Å²) in [5.41, 5.74) is -2.98. The quantitative estimate of drug-likeness (QED) is 0.644. The minimum absolute atomic E-state index is 0.238. The van der Waals surface area contributed by atoms with Crippen LogP contribution in [0.2, 0.25) is 0 Å². The van der Waals surface area contributed by atoms with Crippen molar-refractivity contribution in [2.24, 2.45) is 16.2 Å². The minimum Gasteiger partial charge on any atom is -0.456 e. The SMILES string of the molecule is CC(=O)OC12CCC(C34CCC(C)(CC3)CC4)(CC1)C(F)(F)C2F. The Labute approximate surface area is 141 Å². The van der Waals surface area contributed by atoms with Crippen molar-refractivity contribution in [1.82, 2.24) is 0 Å². The predicted octanol–water partition coefficient (Wildman–Crippen LogP) is 5.20. The van der Waals surface area contributed by atoms with Gasteiger partial charge in [-0.3, -0.25) is 4.79 Å². The molecule has 0 N–H and O–H groups in total. The summed E-state index contributed by atoms with van der Waals surface area (Å²) in [6, 6.07) is 0. The molecule has 1 atom stereocenters. The number of ether oxygens (including phenoxy) is 1. The van der Waals surface area contributed by atoms with E-state index in [-0.39, 0.29) is 25.7 Å². The number of carbonyl (C=O) groups excluding carboxylic acids is 1. The van der Waals surface area contributed by atoms with E-state index in [0.717, 1.165) is 38.5 Å². The van der Waals surface area contributed by atoms with Crippen molar-refractivity contribution in [3.63, 3.8) is 0 Å². The predicted molar refractivity (Wildman–Crippen MR) is 83.5 cm³/mol. The molecule has 1 unspecified atom stereocenters. The lowest BCUT2D eigenvalue weighted by Gasteiger charge is -2.68. The zero-order valence-corrected chi connectivity index (χ0v) is 14.6. The van der Waals surface area contributed by atoms with Gasteiger partial charge < -0.3 is 4.74 Å². The molecule has 0 aromatic carbocycles. The minimum atomic E-state index is -3.41. The Kier molecular flexibility index (Phi) is 3.27. The molecule has 0 aliphatic heterocycles. The molecule has 0 amide bonds. The van der Waals surface area contributed by atoms with Crippen LogP contribution in [0, 0.1) is 16.2 Å². The van der Waals surface area contributed by atoms with Gasteiger partial charge in [0.25, 0.3) is 5.92 Å². The Morgan fingerprint density at radius 2 is 1.42 bits per heavy atom. The van der Waals surface area contributed by atoms with E-state index in [2.05, 4.69) is 6.92 Å². The first-order valence-electron chi connectivity index (χ1n) is 9.32. The molecule has 4 bridgehead atoms. The van der Waals surface area contributed by atoms with Crippen molar-refractivity contribution in [2.75, 3.05) is 0 Å². The van der Waals surface area contributed by atoms with E-state index in [1.807, 2.05) is 0 Å². The van der Waals surface area contributed by atoms with Gasteiger partial charge in [0.05, 0.1) is 0 Å². The molecular weight excluding hydrogens is 317 g/mol. The average molecular weight is 344 g/mol. The van der Waals surface area contributed by atoms with Gasteiger partial charge in [0.15, 0.2) is 0 Å². The van der Waals surface area contributed by atoms with Gasteiger partial charge in [0.2, 0.25) is 6.17 Å². The van der Waals surface area contributed by atoms with E-state index >= 15 is 13.2 Å². The second kappa shape index (κ2) is 4.70. The Bertz CT molecular complexity index is 538. The number of hydrogen-bond acceptors (Lipinski definition) is 2. The summed E-state index contributed by atoms with van der Waals surface area (Å²) in [7, 11) is 0. The molecule has 0 radical (unpaired) electrons. The Balaban J connectivity index is 1.72. The third kappa shape index (κ3) is 1.82. The van der Waals surface area contributed by atoms with Gasteiger partial charge in [-0.05, 0) is 75.0 Å². The van der Waals surface area contributed by atoms with Crippen LogP contribution < -0.4 is 0 Å². The Hall–Kier alpha value is -0.740. The molecule has 136 valence electrons. The lowest BCUT2D eigenvalue weighted by atomic mass is 9.38. The highest BCUT2D eigenvalue weighted by molar-refractivity contribution is 5.66. The Morgan fingerprint density at radius 1 is 0.917 bits per heavy atom. The second-order valence-corrected chi connectivity index (χ2v) is 9.32. The zero-order valence-electron chi connectivity index (χ0n) is 14.6. The first-order chi connectivity index (χ1) is 11.1. The van der Waals surface area contributed by atoms with Crippen LogP contribution >= 0.6 is 0 Å². The van der Waals surface area contributed by atoms with Crippen molar-refractivity contribution >= 4 is 5.97 Å². The van der Waals surface area contributed by atoms with E-state index in [9.17, 15) is 4.79 Å². The zero-order chi connectivity index (χ0) is 17.4. The lowest BCUT2D eigenvalue weighted by Crippen LogP contribution is -2.73. The van der Waals surface area contributed by atoms with Gasteiger partial charge in [-0.15, -0.1) is 0 Å². The summed E-state index contributed by atoms with van der Waals surface area (Å²) in [4.78, 5) is 11.4. The normalized spacial score (nSPS) is 52.3. The first kappa shape index (κ1) is 16.7. The van der Waals surface area contributed by atoms with Crippen LogP contribution in [0.3, 0.4) is 0 Å². The summed E-state index contributed by atoms with van der Waals surface area (Å²) in [6.45, 7) is 3.44. The summed E-state index contributed by atoms with van der Waals surface area (Å²) >= 11 is 0. The summed E-state index contributed by atoms with van der Waals surface area (Å²) in [5.74, 6) is -4.07. The molecule has 6 saturated carbocycles. The number of rotatable bonds is 2. The van der Waals surface area contributed by atoms with Gasteiger partial charge in [-0.25, -0.2) is 13.2 Å².